The van der Waals surface area contributed by atoms with Crippen molar-refractivity contribution in [3.63, 3.8) is 0 Å². The Morgan fingerprint density at radius 2 is 2.37 bits per heavy atom. The van der Waals surface area contributed by atoms with Crippen molar-refractivity contribution in [1.82, 2.24) is 9.97 Å². The molecule has 0 N–H and O–H groups in total. The van der Waals surface area contributed by atoms with Gasteiger partial charge in [0.25, 0.3) is 0 Å². The van der Waals surface area contributed by atoms with E-state index >= 15 is 0 Å². The third kappa shape index (κ3) is 3.13. The fourth-order valence-corrected chi connectivity index (χ4v) is 2.17. The maximum Gasteiger partial charge on any atom is 0.328 e. The summed E-state index contributed by atoms with van der Waals surface area (Å²) in [5.41, 5.74) is 0. The number of methoxy groups -OCH3 is 1. The van der Waals surface area contributed by atoms with Crippen LogP contribution in [0, 0.1) is 0 Å². The van der Waals surface area contributed by atoms with E-state index in [2.05, 4.69) is 9.97 Å². The molecule has 1 aromatic rings. The first-order chi connectivity index (χ1) is 9.26. The minimum Gasteiger partial charge on any atom is -0.477 e. The molecule has 6 heteroatoms. The summed E-state index contributed by atoms with van der Waals surface area (Å²) in [6.07, 6.45) is 5.89. The van der Waals surface area contributed by atoms with E-state index in [0.717, 1.165) is 25.8 Å². The highest BCUT2D eigenvalue weighted by molar-refractivity contribution is 5.80. The molecule has 104 valence electrons. The van der Waals surface area contributed by atoms with Crippen LogP contribution in [0.1, 0.15) is 26.2 Å². The van der Waals surface area contributed by atoms with Crippen LogP contribution in [0.2, 0.25) is 0 Å². The second kappa shape index (κ2) is 6.36. The molecule has 0 amide bonds. The molecule has 19 heavy (non-hydrogen) atoms. The smallest absolute Gasteiger partial charge is 0.328 e. The van der Waals surface area contributed by atoms with Gasteiger partial charge in [-0.2, -0.15) is 4.98 Å². The highest BCUT2D eigenvalue weighted by Gasteiger charge is 2.32. The van der Waals surface area contributed by atoms with Crippen molar-refractivity contribution in [2.75, 3.05) is 25.2 Å². The van der Waals surface area contributed by atoms with Crippen LogP contribution in [-0.4, -0.2) is 42.2 Å². The Kier molecular flexibility index (Phi) is 4.54. The van der Waals surface area contributed by atoms with Crippen molar-refractivity contribution in [2.24, 2.45) is 0 Å². The average molecular weight is 265 g/mol. The van der Waals surface area contributed by atoms with Gasteiger partial charge in [-0.05, 0) is 19.3 Å². The number of carbonyl (C=O) groups is 1. The number of aromatic nitrogens is 2. The fraction of sp³-hybridized carbons (Fsp3) is 0.615. The lowest BCUT2D eigenvalue weighted by atomic mass is 10.2. The summed E-state index contributed by atoms with van der Waals surface area (Å²) in [5.74, 6) is 0.940. The number of rotatable bonds is 5. The SMILES string of the molecule is CCCOc1cncc(N2CCCC2C(=O)OC)n1. The van der Waals surface area contributed by atoms with Crippen molar-refractivity contribution >= 4 is 11.8 Å². The maximum absolute atomic E-state index is 11.7. The molecule has 0 radical (unpaired) electrons. The number of nitrogens with zero attached hydrogens (tertiary/aromatic N) is 3. The minimum absolute atomic E-state index is 0.223. The summed E-state index contributed by atoms with van der Waals surface area (Å²) in [4.78, 5) is 22.2. The van der Waals surface area contributed by atoms with E-state index in [1.807, 2.05) is 11.8 Å². The topological polar surface area (TPSA) is 64.5 Å². The summed E-state index contributed by atoms with van der Waals surface area (Å²) in [6.45, 7) is 3.43. The molecule has 1 saturated heterocycles. The van der Waals surface area contributed by atoms with Crippen LogP contribution in [0.5, 0.6) is 5.88 Å². The number of esters is 1. The molecule has 1 atom stereocenters. The lowest BCUT2D eigenvalue weighted by Crippen LogP contribution is -2.37. The largest absolute Gasteiger partial charge is 0.477 e. The zero-order valence-corrected chi connectivity index (χ0v) is 11.3. The summed E-state index contributed by atoms with van der Waals surface area (Å²) >= 11 is 0. The van der Waals surface area contributed by atoms with Crippen molar-refractivity contribution < 1.29 is 14.3 Å². The lowest BCUT2D eigenvalue weighted by Gasteiger charge is -2.23. The monoisotopic (exact) mass is 265 g/mol. The van der Waals surface area contributed by atoms with E-state index < -0.39 is 0 Å². The Hall–Kier alpha value is -1.85. The molecule has 1 unspecified atom stereocenters. The van der Waals surface area contributed by atoms with E-state index in [-0.39, 0.29) is 12.0 Å². The highest BCUT2D eigenvalue weighted by Crippen LogP contribution is 2.25. The first-order valence-electron chi connectivity index (χ1n) is 6.55. The molecule has 0 saturated carbocycles. The zero-order valence-electron chi connectivity index (χ0n) is 11.3. The molecule has 0 aromatic carbocycles. The minimum atomic E-state index is -0.263. The van der Waals surface area contributed by atoms with E-state index in [1.165, 1.54) is 7.11 Å². The second-order valence-electron chi connectivity index (χ2n) is 4.44. The van der Waals surface area contributed by atoms with Crippen LogP contribution in [-0.2, 0) is 9.53 Å². The first kappa shape index (κ1) is 13.6. The van der Waals surface area contributed by atoms with Gasteiger partial charge >= 0.3 is 5.97 Å². The molecule has 6 nitrogen and oxygen atoms in total. The van der Waals surface area contributed by atoms with Gasteiger partial charge in [-0.15, -0.1) is 0 Å². The number of carbonyl (C=O) groups excluding carboxylic acids is 1. The van der Waals surface area contributed by atoms with Gasteiger partial charge in [0.2, 0.25) is 5.88 Å². The highest BCUT2D eigenvalue weighted by atomic mass is 16.5. The lowest BCUT2D eigenvalue weighted by molar-refractivity contribution is -0.141. The van der Waals surface area contributed by atoms with Gasteiger partial charge in [-0.25, -0.2) is 4.79 Å². The van der Waals surface area contributed by atoms with Crippen LogP contribution in [0.4, 0.5) is 5.82 Å². The third-order valence-electron chi connectivity index (χ3n) is 3.07. The van der Waals surface area contributed by atoms with E-state index in [9.17, 15) is 4.79 Å². The Bertz CT molecular complexity index is 439. The normalized spacial score (nSPS) is 18.4. The number of hydrogen-bond acceptors (Lipinski definition) is 6. The van der Waals surface area contributed by atoms with Crippen molar-refractivity contribution in [3.05, 3.63) is 12.4 Å². The predicted molar refractivity (Wildman–Crippen MR) is 70.2 cm³/mol. The molecule has 2 heterocycles. The van der Waals surface area contributed by atoms with Crippen LogP contribution in [0.25, 0.3) is 0 Å². The van der Waals surface area contributed by atoms with Crippen molar-refractivity contribution in [2.45, 2.75) is 32.2 Å². The molecule has 1 aliphatic rings. The number of ether oxygens (including phenoxy) is 2. The van der Waals surface area contributed by atoms with Gasteiger partial charge in [0.1, 0.15) is 6.04 Å². The second-order valence-corrected chi connectivity index (χ2v) is 4.44. The van der Waals surface area contributed by atoms with E-state index in [0.29, 0.717) is 18.3 Å². The molecule has 0 aliphatic carbocycles. The standard InChI is InChI=1S/C13H19N3O3/c1-3-7-19-12-9-14-8-11(15-12)16-6-4-5-10(16)13(17)18-2/h8-10H,3-7H2,1-2H3. The molecular weight excluding hydrogens is 246 g/mol. The van der Waals surface area contributed by atoms with Crippen molar-refractivity contribution in [1.29, 1.82) is 0 Å². The zero-order chi connectivity index (χ0) is 13.7. The predicted octanol–water partition coefficient (Wildman–Crippen LogP) is 1.41. The molecule has 0 spiro atoms. The summed E-state index contributed by atoms with van der Waals surface area (Å²) < 4.78 is 10.3. The van der Waals surface area contributed by atoms with Gasteiger partial charge in [0.15, 0.2) is 5.82 Å². The molecule has 1 aliphatic heterocycles. The summed E-state index contributed by atoms with van der Waals surface area (Å²) in [6, 6.07) is -0.263. The Morgan fingerprint density at radius 3 is 3.11 bits per heavy atom. The van der Waals surface area contributed by atoms with E-state index in [4.69, 9.17) is 9.47 Å². The number of hydrogen-bond donors (Lipinski definition) is 0. The quantitative estimate of drug-likeness (QED) is 0.750. The van der Waals surface area contributed by atoms with Gasteiger partial charge in [0, 0.05) is 6.54 Å². The van der Waals surface area contributed by atoms with E-state index in [1.54, 1.807) is 12.4 Å². The Morgan fingerprint density at radius 1 is 1.53 bits per heavy atom. The van der Waals surface area contributed by atoms with Gasteiger partial charge in [-0.1, -0.05) is 6.92 Å². The maximum atomic E-state index is 11.7. The van der Waals surface area contributed by atoms with Crippen LogP contribution >= 0.6 is 0 Å². The summed E-state index contributed by atoms with van der Waals surface area (Å²) in [7, 11) is 1.41. The van der Waals surface area contributed by atoms with Crippen LogP contribution < -0.4 is 9.64 Å². The molecule has 0 bridgehead atoms. The molecular formula is C13H19N3O3. The van der Waals surface area contributed by atoms with Gasteiger partial charge in [-0.3, -0.25) is 4.98 Å². The molecule has 1 fully saturated rings. The third-order valence-corrected chi connectivity index (χ3v) is 3.07. The number of anilines is 1. The van der Waals surface area contributed by atoms with Crippen molar-refractivity contribution in [3.8, 4) is 5.88 Å². The average Bonchev–Trinajstić information content (AvgIpc) is 2.94. The Labute approximate surface area is 112 Å². The fourth-order valence-electron chi connectivity index (χ4n) is 2.17. The molecule has 1 aromatic heterocycles. The Balaban J connectivity index is 2.13. The van der Waals surface area contributed by atoms with Gasteiger partial charge < -0.3 is 14.4 Å². The van der Waals surface area contributed by atoms with Crippen LogP contribution in [0.15, 0.2) is 12.4 Å². The molecule has 2 rings (SSSR count). The summed E-state index contributed by atoms with van der Waals surface area (Å²) in [5, 5.41) is 0. The van der Waals surface area contributed by atoms with Gasteiger partial charge in [0.05, 0.1) is 26.1 Å². The first-order valence-corrected chi connectivity index (χ1v) is 6.55. The van der Waals surface area contributed by atoms with Crippen LogP contribution in [0.3, 0.4) is 0 Å².